The summed E-state index contributed by atoms with van der Waals surface area (Å²) in [5.74, 6) is -0.400. The normalized spacial score (nSPS) is 11.2. The van der Waals surface area contributed by atoms with Crippen LogP contribution >= 0.6 is 0 Å². The molecule has 0 saturated heterocycles. The SMILES string of the molecule is CCn1cc(N)cc1C(=O)N(C)CC(=O)NC(C)(C)C. The van der Waals surface area contributed by atoms with Crippen LogP contribution in [0.3, 0.4) is 0 Å². The van der Waals surface area contributed by atoms with Crippen LogP contribution in [0.2, 0.25) is 0 Å². The number of nitrogens with one attached hydrogen (secondary N) is 1. The second-order valence-corrected chi connectivity index (χ2v) is 5.90. The average Bonchev–Trinajstić information content (AvgIpc) is 2.66. The topological polar surface area (TPSA) is 80.4 Å². The molecular weight excluding hydrogens is 256 g/mol. The summed E-state index contributed by atoms with van der Waals surface area (Å²) in [6, 6.07) is 1.63. The monoisotopic (exact) mass is 280 g/mol. The Balaban J connectivity index is 2.74. The van der Waals surface area contributed by atoms with Crippen molar-refractivity contribution in [1.82, 2.24) is 14.8 Å². The number of amides is 2. The highest BCUT2D eigenvalue weighted by Crippen LogP contribution is 2.12. The minimum Gasteiger partial charge on any atom is -0.397 e. The molecule has 0 spiro atoms. The Morgan fingerprint density at radius 3 is 2.50 bits per heavy atom. The van der Waals surface area contributed by atoms with Crippen molar-refractivity contribution in [1.29, 1.82) is 0 Å². The van der Waals surface area contributed by atoms with Gasteiger partial charge in [-0.1, -0.05) is 0 Å². The maximum atomic E-state index is 12.3. The van der Waals surface area contributed by atoms with Gasteiger partial charge in [0.25, 0.3) is 5.91 Å². The number of aromatic nitrogens is 1. The first-order valence-corrected chi connectivity index (χ1v) is 6.66. The van der Waals surface area contributed by atoms with Crippen molar-refractivity contribution in [2.75, 3.05) is 19.3 Å². The second kappa shape index (κ2) is 5.98. The molecule has 0 aliphatic rings. The predicted octanol–water partition coefficient (Wildman–Crippen LogP) is 1.08. The van der Waals surface area contributed by atoms with Crippen LogP contribution in [-0.2, 0) is 11.3 Å². The Hall–Kier alpha value is -1.98. The number of nitrogens with two attached hydrogens (primary N) is 1. The van der Waals surface area contributed by atoms with E-state index in [2.05, 4.69) is 5.32 Å². The lowest BCUT2D eigenvalue weighted by Crippen LogP contribution is -2.46. The van der Waals surface area contributed by atoms with E-state index in [1.165, 1.54) is 4.90 Å². The molecule has 0 unspecified atom stereocenters. The first-order valence-electron chi connectivity index (χ1n) is 6.66. The Labute approximate surface area is 119 Å². The zero-order valence-electron chi connectivity index (χ0n) is 12.9. The summed E-state index contributed by atoms with van der Waals surface area (Å²) < 4.78 is 1.77. The van der Waals surface area contributed by atoms with Crippen LogP contribution in [0.25, 0.3) is 0 Å². The van der Waals surface area contributed by atoms with Gasteiger partial charge in [0, 0.05) is 25.3 Å². The molecule has 0 aromatic carbocycles. The van der Waals surface area contributed by atoms with E-state index in [1.807, 2.05) is 27.7 Å². The fourth-order valence-electron chi connectivity index (χ4n) is 1.91. The molecule has 0 aliphatic heterocycles. The number of carbonyl (C=O) groups is 2. The third-order valence-electron chi connectivity index (χ3n) is 2.72. The van der Waals surface area contributed by atoms with Crippen molar-refractivity contribution in [2.45, 2.75) is 39.8 Å². The lowest BCUT2D eigenvalue weighted by molar-refractivity contribution is -0.122. The predicted molar refractivity (Wildman–Crippen MR) is 79.4 cm³/mol. The first kappa shape index (κ1) is 16.1. The Bertz CT molecular complexity index is 500. The number of nitrogens with zero attached hydrogens (tertiary/aromatic N) is 2. The van der Waals surface area contributed by atoms with Gasteiger partial charge < -0.3 is 20.5 Å². The summed E-state index contributed by atoms with van der Waals surface area (Å²) in [5.41, 5.74) is 6.44. The zero-order chi connectivity index (χ0) is 15.5. The number of hydrogen-bond donors (Lipinski definition) is 2. The molecular formula is C14H24N4O2. The highest BCUT2D eigenvalue weighted by Gasteiger charge is 2.20. The molecule has 3 N–H and O–H groups in total. The molecule has 20 heavy (non-hydrogen) atoms. The molecule has 0 atom stereocenters. The molecule has 0 saturated carbocycles. The van der Waals surface area contributed by atoms with Gasteiger partial charge in [0.15, 0.2) is 0 Å². The van der Waals surface area contributed by atoms with Crippen LogP contribution in [0.4, 0.5) is 5.69 Å². The van der Waals surface area contributed by atoms with E-state index in [9.17, 15) is 9.59 Å². The highest BCUT2D eigenvalue weighted by atomic mass is 16.2. The van der Waals surface area contributed by atoms with Gasteiger partial charge in [0.1, 0.15) is 5.69 Å². The van der Waals surface area contributed by atoms with Gasteiger partial charge in [-0.2, -0.15) is 0 Å². The van der Waals surface area contributed by atoms with Crippen LogP contribution in [0.15, 0.2) is 12.3 Å². The Morgan fingerprint density at radius 1 is 1.40 bits per heavy atom. The lowest BCUT2D eigenvalue weighted by Gasteiger charge is -2.23. The van der Waals surface area contributed by atoms with Crippen LogP contribution in [-0.4, -0.2) is 40.4 Å². The quantitative estimate of drug-likeness (QED) is 0.866. The van der Waals surface area contributed by atoms with Crippen LogP contribution in [0.5, 0.6) is 0 Å². The molecule has 6 nitrogen and oxygen atoms in total. The van der Waals surface area contributed by atoms with E-state index in [0.717, 1.165) is 0 Å². The van der Waals surface area contributed by atoms with E-state index in [-0.39, 0.29) is 23.9 Å². The molecule has 1 aromatic rings. The first-order chi connectivity index (χ1) is 9.14. The number of hydrogen-bond acceptors (Lipinski definition) is 3. The number of aryl methyl sites for hydroxylation is 1. The molecule has 0 fully saturated rings. The average molecular weight is 280 g/mol. The van der Waals surface area contributed by atoms with Crippen LogP contribution < -0.4 is 11.1 Å². The lowest BCUT2D eigenvalue weighted by atomic mass is 10.1. The molecule has 1 aromatic heterocycles. The summed E-state index contributed by atoms with van der Waals surface area (Å²) in [6.07, 6.45) is 1.72. The van der Waals surface area contributed by atoms with E-state index in [4.69, 9.17) is 5.73 Å². The summed E-state index contributed by atoms with van der Waals surface area (Å²) in [5, 5.41) is 2.83. The molecule has 1 heterocycles. The molecule has 0 bridgehead atoms. The van der Waals surface area contributed by atoms with Gasteiger partial charge in [0.05, 0.1) is 12.2 Å². The summed E-state index contributed by atoms with van der Waals surface area (Å²) in [7, 11) is 1.60. The number of likely N-dealkylation sites (N-methyl/N-ethyl adjacent to an activating group) is 1. The zero-order valence-corrected chi connectivity index (χ0v) is 12.9. The summed E-state index contributed by atoms with van der Waals surface area (Å²) >= 11 is 0. The van der Waals surface area contributed by atoms with Gasteiger partial charge in [-0.05, 0) is 33.8 Å². The van der Waals surface area contributed by atoms with E-state index < -0.39 is 0 Å². The van der Waals surface area contributed by atoms with Gasteiger partial charge >= 0.3 is 0 Å². The van der Waals surface area contributed by atoms with Crippen molar-refractivity contribution in [2.24, 2.45) is 0 Å². The number of anilines is 1. The van der Waals surface area contributed by atoms with Crippen LogP contribution in [0, 0.1) is 0 Å². The van der Waals surface area contributed by atoms with Gasteiger partial charge in [0.2, 0.25) is 5.91 Å². The van der Waals surface area contributed by atoms with Crippen molar-refractivity contribution in [3.63, 3.8) is 0 Å². The third kappa shape index (κ3) is 4.29. The van der Waals surface area contributed by atoms with Crippen molar-refractivity contribution in [3.05, 3.63) is 18.0 Å². The molecule has 112 valence electrons. The molecule has 1 rings (SSSR count). The molecule has 6 heteroatoms. The van der Waals surface area contributed by atoms with Gasteiger partial charge in [-0.25, -0.2) is 0 Å². The van der Waals surface area contributed by atoms with Crippen LogP contribution in [0.1, 0.15) is 38.2 Å². The minimum absolute atomic E-state index is 0.0188. The number of rotatable bonds is 4. The maximum Gasteiger partial charge on any atom is 0.270 e. The van der Waals surface area contributed by atoms with Gasteiger partial charge in [-0.15, -0.1) is 0 Å². The Kier molecular flexibility index (Phi) is 4.81. The maximum absolute atomic E-state index is 12.3. The standard InChI is InChI=1S/C14H24N4O2/c1-6-18-8-10(15)7-11(18)13(20)17(5)9-12(19)16-14(2,3)4/h7-8H,6,9,15H2,1-5H3,(H,16,19). The fraction of sp³-hybridized carbons (Fsp3) is 0.571. The van der Waals surface area contributed by atoms with Gasteiger partial charge in [-0.3, -0.25) is 9.59 Å². The van der Waals surface area contributed by atoms with E-state index in [1.54, 1.807) is 23.9 Å². The fourth-order valence-corrected chi connectivity index (χ4v) is 1.91. The van der Waals surface area contributed by atoms with E-state index >= 15 is 0 Å². The Morgan fingerprint density at radius 2 is 2.00 bits per heavy atom. The number of carbonyl (C=O) groups excluding carboxylic acids is 2. The smallest absolute Gasteiger partial charge is 0.270 e. The third-order valence-corrected chi connectivity index (χ3v) is 2.72. The largest absolute Gasteiger partial charge is 0.397 e. The van der Waals surface area contributed by atoms with Crippen molar-refractivity contribution in [3.8, 4) is 0 Å². The second-order valence-electron chi connectivity index (χ2n) is 5.90. The van der Waals surface area contributed by atoms with Crippen molar-refractivity contribution >= 4 is 17.5 Å². The molecule has 0 radical (unpaired) electrons. The van der Waals surface area contributed by atoms with Crippen molar-refractivity contribution < 1.29 is 9.59 Å². The highest BCUT2D eigenvalue weighted by molar-refractivity contribution is 5.96. The summed E-state index contributed by atoms with van der Waals surface area (Å²) in [6.45, 7) is 8.30. The summed E-state index contributed by atoms with van der Waals surface area (Å²) in [4.78, 5) is 25.5. The molecule has 0 aliphatic carbocycles. The molecule has 2 amide bonds. The van der Waals surface area contributed by atoms with E-state index in [0.29, 0.717) is 17.9 Å². The number of nitrogen functional groups attached to an aromatic ring is 1. The minimum atomic E-state index is -0.310.